The molecule has 1 aromatic carbocycles. The summed E-state index contributed by atoms with van der Waals surface area (Å²) in [5, 5.41) is 10.7. The number of nitro benzene ring substituents is 1. The van der Waals surface area contributed by atoms with E-state index in [-0.39, 0.29) is 17.9 Å². The molecule has 0 bridgehead atoms. The van der Waals surface area contributed by atoms with Crippen molar-refractivity contribution in [3.63, 3.8) is 0 Å². The lowest BCUT2D eigenvalue weighted by Gasteiger charge is -2.24. The maximum atomic E-state index is 11.8. The van der Waals surface area contributed by atoms with Gasteiger partial charge in [-0.05, 0) is 12.5 Å². The Balaban J connectivity index is 2.50. The fourth-order valence-corrected chi connectivity index (χ4v) is 3.53. The van der Waals surface area contributed by atoms with Gasteiger partial charge in [0.05, 0.1) is 17.1 Å². The molecule has 0 aliphatic carbocycles. The number of ether oxygens (including phenoxy) is 1. The van der Waals surface area contributed by atoms with Crippen molar-refractivity contribution in [2.45, 2.75) is 12.5 Å². The molecule has 0 atom stereocenters. The Morgan fingerprint density at radius 3 is 2.41 bits per heavy atom. The number of hydrogen-bond donors (Lipinski definition) is 0. The number of rotatable bonds is 9. The molecule has 0 saturated carbocycles. The Bertz CT molecular complexity index is 511. The Morgan fingerprint density at radius 1 is 1.23 bits per heavy atom. The normalized spacial score (nSPS) is 11.2. The van der Waals surface area contributed by atoms with Crippen molar-refractivity contribution in [2.75, 3.05) is 27.9 Å². The molecule has 0 aliphatic rings. The zero-order valence-electron chi connectivity index (χ0n) is 12.7. The quantitative estimate of drug-likeness (QED) is 0.225. The maximum Gasteiger partial charge on any atom is 0.500 e. The van der Waals surface area contributed by atoms with Crippen LogP contribution in [0.4, 0.5) is 5.69 Å². The van der Waals surface area contributed by atoms with Crippen LogP contribution in [-0.4, -0.2) is 47.6 Å². The van der Waals surface area contributed by atoms with Gasteiger partial charge in [-0.1, -0.05) is 6.07 Å². The zero-order chi connectivity index (χ0) is 16.6. The van der Waals surface area contributed by atoms with Crippen LogP contribution in [0.2, 0.25) is 6.04 Å². The topological polar surface area (TPSA) is 97.1 Å². The molecule has 9 heteroatoms. The van der Waals surface area contributed by atoms with Gasteiger partial charge in [-0.2, -0.15) is 0 Å². The van der Waals surface area contributed by atoms with E-state index in [0.29, 0.717) is 12.5 Å². The fourth-order valence-electron chi connectivity index (χ4n) is 1.84. The molecule has 1 rings (SSSR count). The maximum absolute atomic E-state index is 11.8. The molecular weight excluding hydrogens is 310 g/mol. The second-order valence-electron chi connectivity index (χ2n) is 4.34. The number of esters is 1. The molecule has 0 saturated heterocycles. The highest BCUT2D eigenvalue weighted by molar-refractivity contribution is 6.60. The summed E-state index contributed by atoms with van der Waals surface area (Å²) in [6.07, 6.45) is 0.502. The van der Waals surface area contributed by atoms with Crippen molar-refractivity contribution in [3.05, 3.63) is 39.9 Å². The summed E-state index contributed by atoms with van der Waals surface area (Å²) in [6.45, 7) is 0.145. The summed E-state index contributed by atoms with van der Waals surface area (Å²) in [5.41, 5.74) is -0.0121. The number of nitro groups is 1. The zero-order valence-corrected chi connectivity index (χ0v) is 13.7. The van der Waals surface area contributed by atoms with Gasteiger partial charge >= 0.3 is 14.8 Å². The molecule has 22 heavy (non-hydrogen) atoms. The van der Waals surface area contributed by atoms with Crippen molar-refractivity contribution in [3.8, 4) is 0 Å². The van der Waals surface area contributed by atoms with E-state index in [1.807, 2.05) is 0 Å². The minimum absolute atomic E-state index is 0.142. The van der Waals surface area contributed by atoms with Gasteiger partial charge in [0.15, 0.2) is 0 Å². The summed E-state index contributed by atoms with van der Waals surface area (Å²) in [5.74, 6) is -0.608. The Labute approximate surface area is 129 Å². The third-order valence-corrected chi connectivity index (χ3v) is 5.92. The summed E-state index contributed by atoms with van der Waals surface area (Å²) in [6, 6.07) is 5.90. The molecule has 122 valence electrons. The molecule has 1 aromatic rings. The summed E-state index contributed by atoms with van der Waals surface area (Å²) < 4.78 is 20.8. The van der Waals surface area contributed by atoms with Gasteiger partial charge in [0.25, 0.3) is 5.69 Å². The van der Waals surface area contributed by atoms with Gasteiger partial charge in [0, 0.05) is 39.5 Å². The third-order valence-electron chi connectivity index (χ3n) is 3.09. The average molecular weight is 329 g/mol. The van der Waals surface area contributed by atoms with Crippen LogP contribution in [0, 0.1) is 10.1 Å². The van der Waals surface area contributed by atoms with E-state index in [1.165, 1.54) is 45.6 Å². The first kappa shape index (κ1) is 18.2. The number of carbonyl (C=O) groups excluding carboxylic acids is 1. The molecule has 0 aliphatic heterocycles. The Morgan fingerprint density at radius 2 is 1.86 bits per heavy atom. The molecular formula is C13H19NO7Si. The summed E-state index contributed by atoms with van der Waals surface area (Å²) >= 11 is 0. The van der Waals surface area contributed by atoms with E-state index in [2.05, 4.69) is 0 Å². The van der Waals surface area contributed by atoms with Crippen molar-refractivity contribution in [1.82, 2.24) is 0 Å². The van der Waals surface area contributed by atoms with E-state index in [9.17, 15) is 14.9 Å². The van der Waals surface area contributed by atoms with Crippen LogP contribution >= 0.6 is 0 Å². The minimum Gasteiger partial charge on any atom is -0.462 e. The highest BCUT2D eigenvalue weighted by Gasteiger charge is 2.37. The summed E-state index contributed by atoms with van der Waals surface area (Å²) in [4.78, 5) is 21.9. The first-order chi connectivity index (χ1) is 10.5. The molecule has 0 fully saturated rings. The first-order valence-electron chi connectivity index (χ1n) is 6.55. The lowest BCUT2D eigenvalue weighted by Crippen LogP contribution is -2.42. The molecule has 0 amide bonds. The van der Waals surface area contributed by atoms with Crippen LogP contribution in [0.5, 0.6) is 0 Å². The molecule has 0 heterocycles. The Hall–Kier alpha value is -1.81. The first-order valence-corrected chi connectivity index (χ1v) is 8.48. The molecule has 0 aromatic heterocycles. The number of carbonyl (C=O) groups is 1. The van der Waals surface area contributed by atoms with Gasteiger partial charge in [0.2, 0.25) is 0 Å². The molecule has 8 nitrogen and oxygen atoms in total. The van der Waals surface area contributed by atoms with E-state index < -0.39 is 19.7 Å². The molecule has 0 unspecified atom stereocenters. The number of non-ortho nitro benzene ring substituents is 1. The fraction of sp³-hybridized carbons (Fsp3) is 0.462. The Kier molecular flexibility index (Phi) is 7.12. The lowest BCUT2D eigenvalue weighted by molar-refractivity contribution is -0.384. The molecule has 0 radical (unpaired) electrons. The van der Waals surface area contributed by atoms with Gasteiger partial charge in [-0.3, -0.25) is 10.1 Å². The average Bonchev–Trinajstić information content (AvgIpc) is 2.55. The van der Waals surface area contributed by atoms with E-state index in [1.54, 1.807) is 0 Å². The second-order valence-corrected chi connectivity index (χ2v) is 7.43. The van der Waals surface area contributed by atoms with Crippen LogP contribution in [0.3, 0.4) is 0 Å². The van der Waals surface area contributed by atoms with Crippen LogP contribution in [0.15, 0.2) is 24.3 Å². The van der Waals surface area contributed by atoms with Gasteiger partial charge < -0.3 is 18.0 Å². The SMILES string of the molecule is CO[Si](CCCOC(=O)c1cccc([N+](=O)[O-])c1)(OC)OC. The summed E-state index contributed by atoms with van der Waals surface area (Å²) in [7, 11) is 1.85. The van der Waals surface area contributed by atoms with Crippen LogP contribution < -0.4 is 0 Å². The van der Waals surface area contributed by atoms with Gasteiger partial charge in [-0.15, -0.1) is 0 Å². The van der Waals surface area contributed by atoms with Crippen LogP contribution in [0.25, 0.3) is 0 Å². The van der Waals surface area contributed by atoms with E-state index in [4.69, 9.17) is 18.0 Å². The van der Waals surface area contributed by atoms with E-state index in [0.717, 1.165) is 0 Å². The molecule has 0 spiro atoms. The number of benzene rings is 1. The largest absolute Gasteiger partial charge is 0.500 e. The lowest BCUT2D eigenvalue weighted by atomic mass is 10.2. The predicted molar refractivity (Wildman–Crippen MR) is 79.6 cm³/mol. The van der Waals surface area contributed by atoms with E-state index >= 15 is 0 Å². The monoisotopic (exact) mass is 329 g/mol. The highest BCUT2D eigenvalue weighted by Crippen LogP contribution is 2.16. The highest BCUT2D eigenvalue weighted by atomic mass is 28.4. The third kappa shape index (κ3) is 4.88. The van der Waals surface area contributed by atoms with Gasteiger partial charge in [-0.25, -0.2) is 4.79 Å². The van der Waals surface area contributed by atoms with Crippen molar-refractivity contribution < 1.29 is 27.7 Å². The van der Waals surface area contributed by atoms with Crippen molar-refractivity contribution in [1.29, 1.82) is 0 Å². The van der Waals surface area contributed by atoms with Crippen molar-refractivity contribution in [2.24, 2.45) is 0 Å². The minimum atomic E-state index is -2.67. The predicted octanol–water partition coefficient (Wildman–Crippen LogP) is 2.02. The van der Waals surface area contributed by atoms with Crippen LogP contribution in [0.1, 0.15) is 16.8 Å². The van der Waals surface area contributed by atoms with Gasteiger partial charge in [0.1, 0.15) is 0 Å². The number of nitrogens with zero attached hydrogens (tertiary/aromatic N) is 1. The number of hydrogen-bond acceptors (Lipinski definition) is 7. The van der Waals surface area contributed by atoms with Crippen molar-refractivity contribution >= 4 is 20.5 Å². The smallest absolute Gasteiger partial charge is 0.462 e. The van der Waals surface area contributed by atoms with Crippen LogP contribution in [-0.2, 0) is 18.0 Å². The standard InChI is InChI=1S/C13H19NO7Si/c1-18-22(19-2,20-3)9-5-8-21-13(15)11-6-4-7-12(10-11)14(16)17/h4,6-7,10H,5,8-9H2,1-3H3. The molecule has 0 N–H and O–H groups in total. The second kappa shape index (κ2) is 8.59.